The predicted molar refractivity (Wildman–Crippen MR) is 64.1 cm³/mol. The number of hydrogen-bond acceptors (Lipinski definition) is 3. The highest BCUT2D eigenvalue weighted by Gasteiger charge is 2.11. The van der Waals surface area contributed by atoms with Crippen molar-refractivity contribution >= 4 is 6.29 Å². The molecule has 2 aromatic rings. The number of nitrogens with zero attached hydrogens (tertiary/aromatic N) is 4. The highest BCUT2D eigenvalue weighted by Crippen LogP contribution is 2.12. The number of carbonyl (C=O) groups is 1. The number of aromatic nitrogens is 4. The van der Waals surface area contributed by atoms with Crippen LogP contribution in [0.2, 0.25) is 0 Å². The molecule has 0 amide bonds. The van der Waals surface area contributed by atoms with Crippen LogP contribution in [0.5, 0.6) is 0 Å². The molecule has 0 saturated heterocycles. The molecule has 0 bridgehead atoms. The summed E-state index contributed by atoms with van der Waals surface area (Å²) >= 11 is 0. The summed E-state index contributed by atoms with van der Waals surface area (Å²) in [6, 6.07) is 0. The summed E-state index contributed by atoms with van der Waals surface area (Å²) in [7, 11) is 0. The lowest BCUT2D eigenvalue weighted by Gasteiger charge is -2.06. The molecular formula is C12H16N4O. The predicted octanol–water partition coefficient (Wildman–Crippen LogP) is 1.58. The largest absolute Gasteiger partial charge is 0.333 e. The molecule has 2 aromatic heterocycles. The lowest BCUT2D eigenvalue weighted by molar-refractivity contribution is 0.112. The van der Waals surface area contributed by atoms with Crippen molar-refractivity contribution in [1.82, 2.24) is 19.3 Å². The molecular weight excluding hydrogens is 216 g/mol. The van der Waals surface area contributed by atoms with E-state index in [9.17, 15) is 4.79 Å². The molecule has 0 spiro atoms. The van der Waals surface area contributed by atoms with Gasteiger partial charge in [0.2, 0.25) is 0 Å². The molecule has 0 saturated carbocycles. The molecule has 0 aromatic carbocycles. The van der Waals surface area contributed by atoms with Gasteiger partial charge in [-0.3, -0.25) is 9.48 Å². The lowest BCUT2D eigenvalue weighted by Crippen LogP contribution is -2.09. The summed E-state index contributed by atoms with van der Waals surface area (Å²) in [4.78, 5) is 15.0. The van der Waals surface area contributed by atoms with Gasteiger partial charge in [-0.1, -0.05) is 0 Å². The molecule has 0 aliphatic heterocycles. The fraction of sp³-hybridized carbons (Fsp3) is 0.417. The van der Waals surface area contributed by atoms with Crippen LogP contribution in [0.4, 0.5) is 0 Å². The Bertz CT molecular complexity index is 539. The van der Waals surface area contributed by atoms with E-state index in [1.54, 1.807) is 0 Å². The van der Waals surface area contributed by atoms with Crippen LogP contribution in [0.25, 0.3) is 0 Å². The van der Waals surface area contributed by atoms with Crippen LogP contribution in [0, 0.1) is 13.8 Å². The fourth-order valence-electron chi connectivity index (χ4n) is 1.95. The number of carbonyl (C=O) groups excluding carboxylic acids is 1. The Hall–Kier alpha value is -1.91. The third kappa shape index (κ3) is 2.00. The topological polar surface area (TPSA) is 52.7 Å². The second kappa shape index (κ2) is 4.53. The number of rotatable bonds is 4. The SMILES string of the molecule is CCn1cncc1Cn1nc(C)c(C=O)c1C. The van der Waals surface area contributed by atoms with Crippen molar-refractivity contribution in [3.63, 3.8) is 0 Å². The number of aldehydes is 1. The summed E-state index contributed by atoms with van der Waals surface area (Å²) in [6.45, 7) is 7.37. The first kappa shape index (κ1) is 11.6. The van der Waals surface area contributed by atoms with Crippen molar-refractivity contribution in [3.05, 3.63) is 35.2 Å². The molecule has 0 aliphatic rings. The van der Waals surface area contributed by atoms with Crippen LogP contribution in [0.15, 0.2) is 12.5 Å². The van der Waals surface area contributed by atoms with Gasteiger partial charge in [-0.2, -0.15) is 5.10 Å². The monoisotopic (exact) mass is 232 g/mol. The average Bonchev–Trinajstić information content (AvgIpc) is 2.85. The Balaban J connectivity index is 2.33. The van der Waals surface area contributed by atoms with Crippen LogP contribution in [0.3, 0.4) is 0 Å². The number of hydrogen-bond donors (Lipinski definition) is 0. The van der Waals surface area contributed by atoms with E-state index < -0.39 is 0 Å². The van der Waals surface area contributed by atoms with E-state index in [0.717, 1.165) is 29.9 Å². The smallest absolute Gasteiger partial charge is 0.153 e. The zero-order valence-electron chi connectivity index (χ0n) is 10.3. The summed E-state index contributed by atoms with van der Waals surface area (Å²) in [5.74, 6) is 0. The molecule has 0 fully saturated rings. The minimum atomic E-state index is 0.647. The van der Waals surface area contributed by atoms with Gasteiger partial charge in [-0.15, -0.1) is 0 Å². The minimum Gasteiger partial charge on any atom is -0.333 e. The number of imidazole rings is 1. The summed E-state index contributed by atoms with van der Waals surface area (Å²) < 4.78 is 3.92. The standard InChI is InChI=1S/C12H16N4O/c1-4-15-8-13-5-11(15)6-16-10(3)12(7-17)9(2)14-16/h5,7-8H,4,6H2,1-3H3. The van der Waals surface area contributed by atoms with Crippen molar-refractivity contribution in [2.75, 3.05) is 0 Å². The zero-order valence-corrected chi connectivity index (χ0v) is 10.3. The highest BCUT2D eigenvalue weighted by atomic mass is 16.1. The van der Waals surface area contributed by atoms with Crippen molar-refractivity contribution in [2.24, 2.45) is 0 Å². The molecule has 0 aliphatic carbocycles. The molecule has 5 heteroatoms. The maximum atomic E-state index is 10.9. The van der Waals surface area contributed by atoms with Gasteiger partial charge in [-0.25, -0.2) is 4.98 Å². The molecule has 2 rings (SSSR count). The first-order valence-electron chi connectivity index (χ1n) is 5.65. The quantitative estimate of drug-likeness (QED) is 0.752. The molecule has 17 heavy (non-hydrogen) atoms. The maximum absolute atomic E-state index is 10.9. The lowest BCUT2D eigenvalue weighted by atomic mass is 10.2. The molecule has 0 atom stereocenters. The molecule has 5 nitrogen and oxygen atoms in total. The Labute approximate surface area is 100 Å². The third-order valence-corrected chi connectivity index (χ3v) is 3.01. The van der Waals surface area contributed by atoms with Crippen molar-refractivity contribution < 1.29 is 4.79 Å². The summed E-state index contributed by atoms with van der Waals surface area (Å²) in [5.41, 5.74) is 3.46. The van der Waals surface area contributed by atoms with Crippen molar-refractivity contribution in [2.45, 2.75) is 33.9 Å². The van der Waals surface area contributed by atoms with E-state index in [-0.39, 0.29) is 0 Å². The summed E-state index contributed by atoms with van der Waals surface area (Å²) in [5, 5.41) is 4.38. The van der Waals surface area contributed by atoms with Gasteiger partial charge in [0.25, 0.3) is 0 Å². The maximum Gasteiger partial charge on any atom is 0.153 e. The van der Waals surface area contributed by atoms with Gasteiger partial charge >= 0.3 is 0 Å². The zero-order chi connectivity index (χ0) is 12.4. The fourth-order valence-corrected chi connectivity index (χ4v) is 1.95. The van der Waals surface area contributed by atoms with E-state index in [0.29, 0.717) is 12.1 Å². The first-order valence-corrected chi connectivity index (χ1v) is 5.65. The van der Waals surface area contributed by atoms with E-state index in [1.807, 2.05) is 31.1 Å². The van der Waals surface area contributed by atoms with Crippen LogP contribution in [-0.2, 0) is 13.1 Å². The Kier molecular flexibility index (Phi) is 3.08. The van der Waals surface area contributed by atoms with E-state index in [1.165, 1.54) is 0 Å². The molecule has 0 unspecified atom stereocenters. The van der Waals surface area contributed by atoms with Gasteiger partial charge in [0.05, 0.1) is 36.0 Å². The molecule has 0 radical (unpaired) electrons. The van der Waals surface area contributed by atoms with Crippen LogP contribution < -0.4 is 0 Å². The Morgan fingerprint density at radius 3 is 2.76 bits per heavy atom. The molecule has 2 heterocycles. The van der Waals surface area contributed by atoms with E-state index >= 15 is 0 Å². The second-order valence-corrected chi connectivity index (χ2v) is 4.03. The van der Waals surface area contributed by atoms with Gasteiger partial charge < -0.3 is 4.57 Å². The van der Waals surface area contributed by atoms with Crippen LogP contribution in [-0.4, -0.2) is 25.6 Å². The summed E-state index contributed by atoms with van der Waals surface area (Å²) in [6.07, 6.45) is 4.51. The first-order chi connectivity index (χ1) is 8.17. The normalized spacial score (nSPS) is 10.8. The molecule has 90 valence electrons. The Morgan fingerprint density at radius 1 is 1.41 bits per heavy atom. The highest BCUT2D eigenvalue weighted by molar-refractivity contribution is 5.78. The van der Waals surface area contributed by atoms with Gasteiger partial charge in [0, 0.05) is 12.2 Å². The van der Waals surface area contributed by atoms with Crippen molar-refractivity contribution in [3.8, 4) is 0 Å². The van der Waals surface area contributed by atoms with Crippen molar-refractivity contribution in [1.29, 1.82) is 0 Å². The van der Waals surface area contributed by atoms with Crippen LogP contribution >= 0.6 is 0 Å². The minimum absolute atomic E-state index is 0.647. The van der Waals surface area contributed by atoms with Gasteiger partial charge in [-0.05, 0) is 20.8 Å². The molecule has 0 N–H and O–H groups in total. The van der Waals surface area contributed by atoms with Gasteiger partial charge in [0.15, 0.2) is 6.29 Å². The average molecular weight is 232 g/mol. The second-order valence-electron chi connectivity index (χ2n) is 4.03. The number of aryl methyl sites for hydroxylation is 2. The van der Waals surface area contributed by atoms with Gasteiger partial charge in [0.1, 0.15) is 0 Å². The van der Waals surface area contributed by atoms with E-state index in [2.05, 4.69) is 21.6 Å². The van der Waals surface area contributed by atoms with E-state index in [4.69, 9.17) is 0 Å². The Morgan fingerprint density at radius 2 is 2.18 bits per heavy atom. The third-order valence-electron chi connectivity index (χ3n) is 3.01. The van der Waals surface area contributed by atoms with Crippen LogP contribution in [0.1, 0.15) is 34.4 Å².